The Hall–Kier alpha value is -2.94. The first-order valence-electron chi connectivity index (χ1n) is 8.78. The van der Waals surface area contributed by atoms with Crippen molar-refractivity contribution in [1.29, 1.82) is 0 Å². The summed E-state index contributed by atoms with van der Waals surface area (Å²) in [4.78, 5) is 15.9. The second kappa shape index (κ2) is 7.12. The second-order valence-corrected chi connectivity index (χ2v) is 6.79. The Balaban J connectivity index is 1.92. The molecule has 0 atom stereocenters. The number of benzene rings is 2. The number of ketones is 1. The number of carbonyl (C=O) groups excluding carboxylic acids is 1. The van der Waals surface area contributed by atoms with Crippen LogP contribution in [0.4, 0.5) is 5.69 Å². The molecule has 3 heteroatoms. The van der Waals surface area contributed by atoms with E-state index < -0.39 is 0 Å². The van der Waals surface area contributed by atoms with Crippen LogP contribution in [0.25, 0.3) is 5.69 Å². The molecule has 2 aromatic carbocycles. The van der Waals surface area contributed by atoms with Gasteiger partial charge in [-0.1, -0.05) is 6.07 Å². The largest absolute Gasteiger partial charge is 0.318 e. The van der Waals surface area contributed by atoms with Crippen molar-refractivity contribution in [2.45, 2.75) is 34.6 Å². The molecule has 0 aliphatic heterocycles. The lowest BCUT2D eigenvalue weighted by molar-refractivity contribution is 0.101. The fraction of sp³-hybridized carbons (Fsp3) is 0.217. The molecule has 1 heterocycles. The maximum absolute atomic E-state index is 11.4. The summed E-state index contributed by atoms with van der Waals surface area (Å²) in [6.45, 7) is 10.1. The van der Waals surface area contributed by atoms with E-state index in [1.54, 1.807) is 6.92 Å². The average Bonchev–Trinajstić information content (AvgIpc) is 2.90. The van der Waals surface area contributed by atoms with Crippen LogP contribution in [-0.2, 0) is 0 Å². The smallest absolute Gasteiger partial charge is 0.159 e. The lowest BCUT2D eigenvalue weighted by Crippen LogP contribution is -2.00. The Morgan fingerprint density at radius 2 is 1.62 bits per heavy atom. The van der Waals surface area contributed by atoms with E-state index in [2.05, 4.69) is 61.5 Å². The van der Waals surface area contributed by atoms with Gasteiger partial charge in [0.25, 0.3) is 0 Å². The zero-order valence-corrected chi connectivity index (χ0v) is 16.0. The van der Waals surface area contributed by atoms with Crippen LogP contribution in [0, 0.1) is 27.7 Å². The minimum atomic E-state index is 0.0671. The van der Waals surface area contributed by atoms with Crippen molar-refractivity contribution in [3.63, 3.8) is 0 Å². The van der Waals surface area contributed by atoms with Crippen LogP contribution in [0.15, 0.2) is 53.5 Å². The second-order valence-electron chi connectivity index (χ2n) is 6.79. The molecule has 0 amide bonds. The Morgan fingerprint density at radius 1 is 0.923 bits per heavy atom. The standard InChI is InChI=1S/C23H24N2O/c1-15-6-11-23(12-16(15)2)25-17(3)13-21(18(25)4)14-24-22-9-7-20(8-10-22)19(5)26/h6-14H,1-5H3. The zero-order valence-electron chi connectivity index (χ0n) is 16.0. The summed E-state index contributed by atoms with van der Waals surface area (Å²) in [5, 5.41) is 0. The summed E-state index contributed by atoms with van der Waals surface area (Å²) in [6.07, 6.45) is 1.89. The highest BCUT2D eigenvalue weighted by molar-refractivity contribution is 5.94. The van der Waals surface area contributed by atoms with Gasteiger partial charge in [0, 0.05) is 34.4 Å². The van der Waals surface area contributed by atoms with Crippen molar-refractivity contribution in [2.24, 2.45) is 4.99 Å². The van der Waals surface area contributed by atoms with Crippen LogP contribution in [0.2, 0.25) is 0 Å². The number of nitrogens with zero attached hydrogens (tertiary/aromatic N) is 2. The van der Waals surface area contributed by atoms with E-state index in [0.29, 0.717) is 5.56 Å². The van der Waals surface area contributed by atoms with E-state index in [0.717, 1.165) is 16.9 Å². The molecule has 0 fully saturated rings. The van der Waals surface area contributed by atoms with Crippen molar-refractivity contribution >= 4 is 17.7 Å². The molecule has 3 rings (SSSR count). The third-order valence-corrected chi connectivity index (χ3v) is 4.85. The van der Waals surface area contributed by atoms with E-state index >= 15 is 0 Å². The molecule has 0 saturated heterocycles. The first kappa shape index (κ1) is 17.9. The summed E-state index contributed by atoms with van der Waals surface area (Å²) in [5.74, 6) is 0.0671. The molecular weight excluding hydrogens is 320 g/mol. The summed E-state index contributed by atoms with van der Waals surface area (Å²) in [5.41, 5.74) is 8.74. The first-order chi connectivity index (χ1) is 12.4. The predicted molar refractivity (Wildman–Crippen MR) is 108 cm³/mol. The SMILES string of the molecule is CC(=O)c1ccc(N=Cc2cc(C)n(-c3ccc(C)c(C)c3)c2C)cc1. The lowest BCUT2D eigenvalue weighted by Gasteiger charge is -2.11. The van der Waals surface area contributed by atoms with Gasteiger partial charge in [0.05, 0.1) is 5.69 Å². The monoisotopic (exact) mass is 344 g/mol. The van der Waals surface area contributed by atoms with E-state index in [1.807, 2.05) is 30.5 Å². The van der Waals surface area contributed by atoms with Gasteiger partial charge in [-0.15, -0.1) is 0 Å². The van der Waals surface area contributed by atoms with E-state index in [9.17, 15) is 4.79 Å². The number of carbonyl (C=O) groups is 1. The first-order valence-corrected chi connectivity index (χ1v) is 8.78. The van der Waals surface area contributed by atoms with Crippen molar-refractivity contribution < 1.29 is 4.79 Å². The van der Waals surface area contributed by atoms with Crippen LogP contribution in [0.1, 0.15) is 45.4 Å². The fourth-order valence-corrected chi connectivity index (χ4v) is 3.11. The molecule has 0 aliphatic rings. The van der Waals surface area contributed by atoms with Gasteiger partial charge in [-0.2, -0.15) is 0 Å². The molecule has 0 radical (unpaired) electrons. The minimum absolute atomic E-state index is 0.0671. The Morgan fingerprint density at radius 3 is 2.23 bits per heavy atom. The predicted octanol–water partition coefficient (Wildman–Crippen LogP) is 5.66. The highest BCUT2D eigenvalue weighted by Crippen LogP contribution is 2.22. The summed E-state index contributed by atoms with van der Waals surface area (Å²) >= 11 is 0. The van der Waals surface area contributed by atoms with Crippen molar-refractivity contribution in [1.82, 2.24) is 4.57 Å². The quantitative estimate of drug-likeness (QED) is 0.444. The van der Waals surface area contributed by atoms with E-state index in [1.165, 1.54) is 22.5 Å². The minimum Gasteiger partial charge on any atom is -0.318 e. The number of aryl methyl sites for hydroxylation is 3. The lowest BCUT2D eigenvalue weighted by atomic mass is 10.1. The molecule has 0 unspecified atom stereocenters. The Kier molecular flexibility index (Phi) is 4.90. The normalized spacial score (nSPS) is 11.3. The number of aliphatic imine (C=N–C) groups is 1. The number of rotatable bonds is 4. The van der Waals surface area contributed by atoms with Crippen LogP contribution < -0.4 is 0 Å². The van der Waals surface area contributed by atoms with Crippen LogP contribution in [0.3, 0.4) is 0 Å². The Labute approximate surface area is 155 Å². The third-order valence-electron chi connectivity index (χ3n) is 4.85. The van der Waals surface area contributed by atoms with Gasteiger partial charge < -0.3 is 4.57 Å². The van der Waals surface area contributed by atoms with Gasteiger partial charge in [-0.25, -0.2) is 0 Å². The summed E-state index contributed by atoms with van der Waals surface area (Å²) in [7, 11) is 0. The molecule has 3 aromatic rings. The van der Waals surface area contributed by atoms with Gasteiger partial charge in [-0.3, -0.25) is 9.79 Å². The van der Waals surface area contributed by atoms with Gasteiger partial charge in [0.1, 0.15) is 0 Å². The topological polar surface area (TPSA) is 34.4 Å². The molecular formula is C23H24N2O. The van der Waals surface area contributed by atoms with Gasteiger partial charge in [-0.05, 0) is 88.2 Å². The fourth-order valence-electron chi connectivity index (χ4n) is 3.11. The van der Waals surface area contributed by atoms with Crippen LogP contribution in [-0.4, -0.2) is 16.6 Å². The van der Waals surface area contributed by atoms with Gasteiger partial charge >= 0.3 is 0 Å². The maximum Gasteiger partial charge on any atom is 0.159 e. The number of hydrogen-bond donors (Lipinski definition) is 0. The molecule has 1 aromatic heterocycles. The molecule has 26 heavy (non-hydrogen) atoms. The maximum atomic E-state index is 11.4. The van der Waals surface area contributed by atoms with Crippen molar-refractivity contribution in [3.05, 3.63) is 82.2 Å². The average molecular weight is 344 g/mol. The number of hydrogen-bond acceptors (Lipinski definition) is 2. The van der Waals surface area contributed by atoms with Crippen molar-refractivity contribution in [3.8, 4) is 5.69 Å². The molecule has 0 spiro atoms. The van der Waals surface area contributed by atoms with Crippen LogP contribution >= 0.6 is 0 Å². The van der Waals surface area contributed by atoms with E-state index in [4.69, 9.17) is 0 Å². The molecule has 0 aliphatic carbocycles. The van der Waals surface area contributed by atoms with Gasteiger partial charge in [0.2, 0.25) is 0 Å². The van der Waals surface area contributed by atoms with Gasteiger partial charge in [0.15, 0.2) is 5.78 Å². The van der Waals surface area contributed by atoms with Crippen LogP contribution in [0.5, 0.6) is 0 Å². The summed E-state index contributed by atoms with van der Waals surface area (Å²) < 4.78 is 2.26. The zero-order chi connectivity index (χ0) is 18.8. The highest BCUT2D eigenvalue weighted by atomic mass is 16.1. The molecule has 132 valence electrons. The molecule has 0 saturated carbocycles. The Bertz CT molecular complexity index is 992. The van der Waals surface area contributed by atoms with Crippen molar-refractivity contribution in [2.75, 3.05) is 0 Å². The third kappa shape index (κ3) is 3.52. The number of Topliss-reactive ketones (excluding diaryl/α,β-unsaturated/α-hetero) is 1. The molecule has 0 bridgehead atoms. The highest BCUT2D eigenvalue weighted by Gasteiger charge is 2.10. The molecule has 3 nitrogen and oxygen atoms in total. The molecule has 0 N–H and O–H groups in total. The number of aromatic nitrogens is 1. The summed E-state index contributed by atoms with van der Waals surface area (Å²) in [6, 6.07) is 16.1. The van der Waals surface area contributed by atoms with E-state index in [-0.39, 0.29) is 5.78 Å².